The van der Waals surface area contributed by atoms with Gasteiger partial charge in [-0.1, -0.05) is 13.8 Å². The molecule has 0 spiro atoms. The third-order valence-electron chi connectivity index (χ3n) is 4.47. The second kappa shape index (κ2) is 7.09. The molecule has 0 aromatic carbocycles. The largest absolute Gasteiger partial charge is 0.465 e. The van der Waals surface area contributed by atoms with Crippen LogP contribution in [0.4, 0.5) is 0 Å². The van der Waals surface area contributed by atoms with Gasteiger partial charge in [-0.15, -0.1) is 0 Å². The Bertz CT molecular complexity index is 340. The minimum absolute atomic E-state index is 0.112. The number of rotatable bonds is 7. The molecule has 0 aromatic rings. The predicted octanol–water partition coefficient (Wildman–Crippen LogP) is 3.62. The van der Waals surface area contributed by atoms with Crippen LogP contribution in [0.5, 0.6) is 0 Å². The highest BCUT2D eigenvalue weighted by Crippen LogP contribution is 2.36. The Morgan fingerprint density at radius 2 is 1.75 bits per heavy atom. The molecule has 0 N–H and O–H groups in total. The van der Waals surface area contributed by atoms with Gasteiger partial charge in [-0.05, 0) is 52.4 Å². The minimum Gasteiger partial charge on any atom is -0.465 e. The number of esters is 2. The van der Waals surface area contributed by atoms with E-state index in [0.717, 1.165) is 38.5 Å². The number of hydrogen-bond donors (Lipinski definition) is 0. The van der Waals surface area contributed by atoms with Crippen LogP contribution in [0.3, 0.4) is 0 Å². The van der Waals surface area contributed by atoms with Crippen LogP contribution < -0.4 is 0 Å². The third kappa shape index (κ3) is 4.50. The van der Waals surface area contributed by atoms with E-state index in [2.05, 4.69) is 6.92 Å². The Morgan fingerprint density at radius 1 is 1.15 bits per heavy atom. The summed E-state index contributed by atoms with van der Waals surface area (Å²) in [7, 11) is 0. The van der Waals surface area contributed by atoms with Gasteiger partial charge in [0, 0.05) is 0 Å². The molecular weight excluding hydrogens is 256 g/mol. The van der Waals surface area contributed by atoms with E-state index in [4.69, 9.17) is 9.47 Å². The summed E-state index contributed by atoms with van der Waals surface area (Å²) >= 11 is 0. The average Bonchev–Trinajstić information content (AvgIpc) is 2.87. The van der Waals surface area contributed by atoms with Crippen molar-refractivity contribution in [3.63, 3.8) is 0 Å². The van der Waals surface area contributed by atoms with Crippen molar-refractivity contribution in [3.8, 4) is 0 Å². The molecule has 116 valence electrons. The molecule has 1 fully saturated rings. The fourth-order valence-corrected chi connectivity index (χ4v) is 2.41. The van der Waals surface area contributed by atoms with Gasteiger partial charge in [0.25, 0.3) is 0 Å². The van der Waals surface area contributed by atoms with Gasteiger partial charge in [-0.25, -0.2) is 0 Å². The molecule has 20 heavy (non-hydrogen) atoms. The van der Waals surface area contributed by atoms with Crippen LogP contribution in [0.15, 0.2) is 0 Å². The highest BCUT2D eigenvalue weighted by atomic mass is 16.6. The summed E-state index contributed by atoms with van der Waals surface area (Å²) in [5.41, 5.74) is -0.746. The zero-order valence-electron chi connectivity index (χ0n) is 13.3. The second-order valence-corrected chi connectivity index (χ2v) is 6.34. The van der Waals surface area contributed by atoms with Crippen molar-refractivity contribution in [1.29, 1.82) is 0 Å². The summed E-state index contributed by atoms with van der Waals surface area (Å²) in [5.74, 6) is -0.505. The normalized spacial score (nSPS) is 17.8. The highest BCUT2D eigenvalue weighted by molar-refractivity contribution is 5.76. The summed E-state index contributed by atoms with van der Waals surface area (Å²) in [6.45, 7) is 7.81. The van der Waals surface area contributed by atoms with Crippen molar-refractivity contribution in [1.82, 2.24) is 0 Å². The van der Waals surface area contributed by atoms with E-state index >= 15 is 0 Å². The van der Waals surface area contributed by atoms with E-state index in [-0.39, 0.29) is 30.6 Å². The molecule has 0 aromatic heterocycles. The van der Waals surface area contributed by atoms with Gasteiger partial charge in [-0.2, -0.15) is 0 Å². The molecule has 0 heterocycles. The number of hydrogen-bond acceptors (Lipinski definition) is 4. The zero-order valence-corrected chi connectivity index (χ0v) is 13.3. The van der Waals surface area contributed by atoms with Gasteiger partial charge in [0.2, 0.25) is 0 Å². The van der Waals surface area contributed by atoms with Crippen LogP contribution in [0.2, 0.25) is 0 Å². The number of carbonyl (C=O) groups excluding carboxylic acids is 2. The van der Waals surface area contributed by atoms with Gasteiger partial charge < -0.3 is 9.47 Å². The van der Waals surface area contributed by atoms with Crippen molar-refractivity contribution >= 4 is 11.9 Å². The molecule has 0 atom stereocenters. The second-order valence-electron chi connectivity index (χ2n) is 6.34. The zero-order chi connectivity index (χ0) is 15.2. The first-order chi connectivity index (χ1) is 9.35. The molecule has 4 heteroatoms. The Hall–Kier alpha value is -1.06. The lowest BCUT2D eigenvalue weighted by Gasteiger charge is -2.27. The van der Waals surface area contributed by atoms with Gasteiger partial charge in [0.15, 0.2) is 0 Å². The van der Waals surface area contributed by atoms with Crippen molar-refractivity contribution < 1.29 is 19.1 Å². The number of ether oxygens (including phenoxy) is 2. The molecule has 4 nitrogen and oxygen atoms in total. The monoisotopic (exact) mass is 284 g/mol. The van der Waals surface area contributed by atoms with Crippen LogP contribution >= 0.6 is 0 Å². The van der Waals surface area contributed by atoms with E-state index in [1.54, 1.807) is 0 Å². The fourth-order valence-electron chi connectivity index (χ4n) is 2.41. The Labute approximate surface area is 122 Å². The molecule has 1 saturated carbocycles. The molecule has 0 aliphatic heterocycles. The quantitative estimate of drug-likeness (QED) is 0.670. The molecule has 1 rings (SSSR count). The maximum Gasteiger partial charge on any atom is 0.311 e. The summed E-state index contributed by atoms with van der Waals surface area (Å²) in [5, 5.41) is 0. The lowest BCUT2D eigenvalue weighted by molar-refractivity contribution is -0.163. The van der Waals surface area contributed by atoms with Crippen molar-refractivity contribution in [2.24, 2.45) is 5.41 Å². The first kappa shape index (κ1) is 17.0. The van der Waals surface area contributed by atoms with Crippen molar-refractivity contribution in [2.75, 3.05) is 6.61 Å². The van der Waals surface area contributed by atoms with E-state index < -0.39 is 5.41 Å². The summed E-state index contributed by atoms with van der Waals surface area (Å²) < 4.78 is 10.8. The molecule has 0 saturated heterocycles. The van der Waals surface area contributed by atoms with Gasteiger partial charge >= 0.3 is 11.9 Å². The molecule has 0 bridgehead atoms. The van der Waals surface area contributed by atoms with E-state index in [1.807, 2.05) is 20.8 Å². The van der Waals surface area contributed by atoms with Crippen molar-refractivity contribution in [2.45, 2.75) is 78.2 Å². The van der Waals surface area contributed by atoms with Crippen LogP contribution in [0, 0.1) is 5.41 Å². The van der Waals surface area contributed by atoms with Crippen LogP contribution in [0.25, 0.3) is 0 Å². The topological polar surface area (TPSA) is 52.6 Å². The summed E-state index contributed by atoms with van der Waals surface area (Å²) in [6, 6.07) is 0. The van der Waals surface area contributed by atoms with Crippen molar-refractivity contribution in [3.05, 3.63) is 0 Å². The highest BCUT2D eigenvalue weighted by Gasteiger charge is 2.35. The number of carbonyl (C=O) groups is 2. The van der Waals surface area contributed by atoms with Crippen LogP contribution in [-0.4, -0.2) is 24.1 Å². The molecule has 0 amide bonds. The standard InChI is InChI=1S/C16H28O4/c1-5-15(3,4)14(18)19-12-9-13(17)20-16(6-2)10-7-8-11-16/h5-12H2,1-4H3. The molecule has 0 unspecified atom stereocenters. The first-order valence-corrected chi connectivity index (χ1v) is 7.74. The maximum absolute atomic E-state index is 11.9. The SMILES string of the molecule is CCC1(OC(=O)CCOC(=O)C(C)(C)CC)CCCC1. The van der Waals surface area contributed by atoms with E-state index in [0.29, 0.717) is 0 Å². The molecule has 0 radical (unpaired) electrons. The third-order valence-corrected chi connectivity index (χ3v) is 4.47. The summed E-state index contributed by atoms with van der Waals surface area (Å²) in [4.78, 5) is 23.6. The summed E-state index contributed by atoms with van der Waals surface area (Å²) in [6.07, 6.45) is 5.89. The van der Waals surface area contributed by atoms with Gasteiger partial charge in [0.1, 0.15) is 12.2 Å². The molecule has 1 aliphatic rings. The smallest absolute Gasteiger partial charge is 0.311 e. The minimum atomic E-state index is -0.486. The average molecular weight is 284 g/mol. The fraction of sp³-hybridized carbons (Fsp3) is 0.875. The first-order valence-electron chi connectivity index (χ1n) is 7.74. The lowest BCUT2D eigenvalue weighted by Crippen LogP contribution is -2.32. The molecular formula is C16H28O4. The predicted molar refractivity (Wildman–Crippen MR) is 77.2 cm³/mol. The van der Waals surface area contributed by atoms with Gasteiger partial charge in [0.05, 0.1) is 11.8 Å². The lowest BCUT2D eigenvalue weighted by atomic mass is 9.91. The van der Waals surface area contributed by atoms with E-state index in [9.17, 15) is 9.59 Å². The Morgan fingerprint density at radius 3 is 2.25 bits per heavy atom. The Balaban J connectivity index is 2.32. The maximum atomic E-state index is 11.9. The van der Waals surface area contributed by atoms with Crippen LogP contribution in [-0.2, 0) is 19.1 Å². The molecule has 1 aliphatic carbocycles. The Kier molecular flexibility index (Phi) is 6.03. The van der Waals surface area contributed by atoms with Crippen LogP contribution in [0.1, 0.15) is 72.6 Å². The van der Waals surface area contributed by atoms with Gasteiger partial charge in [-0.3, -0.25) is 9.59 Å². The van der Waals surface area contributed by atoms with E-state index in [1.165, 1.54) is 0 Å².